The Morgan fingerprint density at radius 3 is 2.54 bits per heavy atom. The van der Waals surface area contributed by atoms with Gasteiger partial charge in [0, 0.05) is 43.2 Å². The SMILES string of the molecule is Cc1cccc(CNC(=O)c2ccc(-c3nccnc3N3CCCC3)cc2)c1. The molecule has 0 bridgehead atoms. The maximum Gasteiger partial charge on any atom is 0.251 e. The monoisotopic (exact) mass is 372 g/mol. The summed E-state index contributed by atoms with van der Waals surface area (Å²) in [5.41, 5.74) is 4.78. The fourth-order valence-corrected chi connectivity index (χ4v) is 3.58. The van der Waals surface area contributed by atoms with Crippen LogP contribution in [0.1, 0.15) is 34.3 Å². The highest BCUT2D eigenvalue weighted by molar-refractivity contribution is 5.94. The minimum atomic E-state index is -0.0769. The fraction of sp³-hybridized carbons (Fsp3) is 0.261. The number of hydrogen-bond donors (Lipinski definition) is 1. The zero-order valence-corrected chi connectivity index (χ0v) is 16.1. The van der Waals surface area contributed by atoms with E-state index in [0.717, 1.165) is 35.7 Å². The quantitative estimate of drug-likeness (QED) is 0.736. The van der Waals surface area contributed by atoms with Crippen molar-refractivity contribution in [1.29, 1.82) is 0 Å². The van der Waals surface area contributed by atoms with Crippen LogP contribution >= 0.6 is 0 Å². The van der Waals surface area contributed by atoms with Gasteiger partial charge in [-0.3, -0.25) is 9.78 Å². The average molecular weight is 372 g/mol. The van der Waals surface area contributed by atoms with Gasteiger partial charge in [0.05, 0.1) is 0 Å². The molecule has 0 unspecified atom stereocenters. The molecule has 5 heteroatoms. The second-order valence-electron chi connectivity index (χ2n) is 7.17. The van der Waals surface area contributed by atoms with Crippen molar-refractivity contribution in [3.05, 3.63) is 77.6 Å². The standard InChI is InChI=1S/C23H24N4O/c1-17-5-4-6-18(15-17)16-26-23(28)20-9-7-19(8-10-20)21-22(25-12-11-24-21)27-13-2-3-14-27/h4-12,15H,2-3,13-14,16H2,1H3,(H,26,28). The largest absolute Gasteiger partial charge is 0.355 e. The first-order valence-corrected chi connectivity index (χ1v) is 9.71. The topological polar surface area (TPSA) is 58.1 Å². The predicted octanol–water partition coefficient (Wildman–Crippen LogP) is 3.98. The Kier molecular flexibility index (Phi) is 5.33. The van der Waals surface area contributed by atoms with Crippen molar-refractivity contribution >= 4 is 11.7 Å². The number of amides is 1. The minimum absolute atomic E-state index is 0.0769. The molecule has 5 nitrogen and oxygen atoms in total. The van der Waals surface area contributed by atoms with Crippen molar-refractivity contribution < 1.29 is 4.79 Å². The molecule has 1 saturated heterocycles. The summed E-state index contributed by atoms with van der Waals surface area (Å²) in [7, 11) is 0. The van der Waals surface area contributed by atoms with Gasteiger partial charge in [-0.15, -0.1) is 0 Å². The smallest absolute Gasteiger partial charge is 0.251 e. The third kappa shape index (κ3) is 4.03. The van der Waals surface area contributed by atoms with Crippen LogP contribution in [0.2, 0.25) is 0 Å². The number of nitrogens with one attached hydrogen (secondary N) is 1. The van der Waals surface area contributed by atoms with Crippen LogP contribution in [0.15, 0.2) is 60.9 Å². The summed E-state index contributed by atoms with van der Waals surface area (Å²) >= 11 is 0. The molecule has 0 radical (unpaired) electrons. The molecule has 2 aromatic carbocycles. The van der Waals surface area contributed by atoms with Crippen molar-refractivity contribution in [2.75, 3.05) is 18.0 Å². The number of carbonyl (C=O) groups is 1. The molecule has 1 aliphatic heterocycles. The number of carbonyl (C=O) groups excluding carboxylic acids is 1. The van der Waals surface area contributed by atoms with Crippen molar-refractivity contribution in [1.82, 2.24) is 15.3 Å². The van der Waals surface area contributed by atoms with E-state index in [1.54, 1.807) is 12.4 Å². The molecule has 1 aliphatic rings. The van der Waals surface area contributed by atoms with Crippen LogP contribution in [0, 0.1) is 6.92 Å². The van der Waals surface area contributed by atoms with Crippen LogP contribution in [0.25, 0.3) is 11.3 Å². The van der Waals surface area contributed by atoms with E-state index in [4.69, 9.17) is 0 Å². The molecule has 1 fully saturated rings. The molecular weight excluding hydrogens is 348 g/mol. The number of benzene rings is 2. The summed E-state index contributed by atoms with van der Waals surface area (Å²) < 4.78 is 0. The Bertz CT molecular complexity index is 962. The number of rotatable bonds is 5. The van der Waals surface area contributed by atoms with Gasteiger partial charge in [0.2, 0.25) is 0 Å². The number of nitrogens with zero attached hydrogens (tertiary/aromatic N) is 3. The van der Waals surface area contributed by atoms with Crippen LogP contribution in [0.4, 0.5) is 5.82 Å². The number of aromatic nitrogens is 2. The molecule has 3 aromatic rings. The highest BCUT2D eigenvalue weighted by Crippen LogP contribution is 2.29. The van der Waals surface area contributed by atoms with Gasteiger partial charge in [-0.25, -0.2) is 4.98 Å². The second-order valence-corrected chi connectivity index (χ2v) is 7.17. The van der Waals surface area contributed by atoms with Gasteiger partial charge in [-0.1, -0.05) is 42.0 Å². The second kappa shape index (κ2) is 8.21. The summed E-state index contributed by atoms with van der Waals surface area (Å²) in [4.78, 5) is 23.9. The average Bonchev–Trinajstić information content (AvgIpc) is 3.27. The third-order valence-electron chi connectivity index (χ3n) is 5.04. The summed E-state index contributed by atoms with van der Waals surface area (Å²) in [6, 6.07) is 15.8. The lowest BCUT2D eigenvalue weighted by Gasteiger charge is -2.19. The maximum atomic E-state index is 12.5. The number of hydrogen-bond acceptors (Lipinski definition) is 4. The normalized spacial score (nSPS) is 13.5. The van der Waals surface area contributed by atoms with E-state index in [-0.39, 0.29) is 5.91 Å². The van der Waals surface area contributed by atoms with Gasteiger partial charge in [-0.05, 0) is 37.5 Å². The Morgan fingerprint density at radius 2 is 1.79 bits per heavy atom. The first-order valence-electron chi connectivity index (χ1n) is 9.71. The lowest BCUT2D eigenvalue weighted by molar-refractivity contribution is 0.0951. The molecule has 0 atom stereocenters. The maximum absolute atomic E-state index is 12.5. The highest BCUT2D eigenvalue weighted by atomic mass is 16.1. The van der Waals surface area contributed by atoms with Gasteiger partial charge >= 0.3 is 0 Å². The van der Waals surface area contributed by atoms with Gasteiger partial charge in [0.25, 0.3) is 5.91 Å². The zero-order valence-electron chi connectivity index (χ0n) is 16.1. The predicted molar refractivity (Wildman–Crippen MR) is 111 cm³/mol. The van der Waals surface area contributed by atoms with Crippen molar-refractivity contribution in [2.45, 2.75) is 26.3 Å². The summed E-state index contributed by atoms with van der Waals surface area (Å²) in [5, 5.41) is 2.98. The van der Waals surface area contributed by atoms with E-state index in [0.29, 0.717) is 12.1 Å². The van der Waals surface area contributed by atoms with E-state index in [9.17, 15) is 4.79 Å². The molecule has 142 valence electrons. The molecule has 0 spiro atoms. The van der Waals surface area contributed by atoms with Gasteiger partial charge in [-0.2, -0.15) is 0 Å². The highest BCUT2D eigenvalue weighted by Gasteiger charge is 2.18. The molecule has 0 aliphatic carbocycles. The molecule has 1 aromatic heterocycles. The molecule has 1 amide bonds. The summed E-state index contributed by atoms with van der Waals surface area (Å²) in [6.45, 7) is 4.61. The van der Waals surface area contributed by atoms with Crippen LogP contribution in [0.3, 0.4) is 0 Å². The van der Waals surface area contributed by atoms with E-state index >= 15 is 0 Å². The Morgan fingerprint density at radius 1 is 1.04 bits per heavy atom. The Labute approximate surface area is 165 Å². The van der Waals surface area contributed by atoms with Crippen LogP contribution in [-0.2, 0) is 6.54 Å². The molecule has 4 rings (SSSR count). The van der Waals surface area contributed by atoms with Crippen LogP contribution in [0.5, 0.6) is 0 Å². The van der Waals surface area contributed by atoms with Crippen molar-refractivity contribution in [3.8, 4) is 11.3 Å². The van der Waals surface area contributed by atoms with Gasteiger partial charge in [0.1, 0.15) is 5.69 Å². The van der Waals surface area contributed by atoms with E-state index in [2.05, 4.69) is 26.3 Å². The Balaban J connectivity index is 1.47. The lowest BCUT2D eigenvalue weighted by Crippen LogP contribution is -2.22. The molecular formula is C23H24N4O. The number of anilines is 1. The number of aryl methyl sites for hydroxylation is 1. The van der Waals surface area contributed by atoms with Crippen LogP contribution < -0.4 is 10.2 Å². The van der Waals surface area contributed by atoms with E-state index in [1.807, 2.05) is 49.4 Å². The van der Waals surface area contributed by atoms with Crippen molar-refractivity contribution in [2.24, 2.45) is 0 Å². The van der Waals surface area contributed by atoms with Gasteiger partial charge < -0.3 is 10.2 Å². The minimum Gasteiger partial charge on any atom is -0.355 e. The van der Waals surface area contributed by atoms with Crippen molar-refractivity contribution in [3.63, 3.8) is 0 Å². The van der Waals surface area contributed by atoms with E-state index < -0.39 is 0 Å². The van der Waals surface area contributed by atoms with E-state index in [1.165, 1.54) is 18.4 Å². The molecule has 0 saturated carbocycles. The third-order valence-corrected chi connectivity index (χ3v) is 5.04. The first-order chi connectivity index (χ1) is 13.7. The summed E-state index contributed by atoms with van der Waals surface area (Å²) in [6.07, 6.45) is 5.84. The summed E-state index contributed by atoms with van der Waals surface area (Å²) in [5.74, 6) is 0.851. The fourth-order valence-electron chi connectivity index (χ4n) is 3.58. The van der Waals surface area contributed by atoms with Gasteiger partial charge in [0.15, 0.2) is 5.82 Å². The first kappa shape index (κ1) is 18.2. The molecule has 1 N–H and O–H groups in total. The van der Waals surface area contributed by atoms with Crippen LogP contribution in [-0.4, -0.2) is 29.0 Å². The Hall–Kier alpha value is -3.21. The zero-order chi connectivity index (χ0) is 19.3. The lowest BCUT2D eigenvalue weighted by atomic mass is 10.1. The molecule has 28 heavy (non-hydrogen) atoms. The molecule has 2 heterocycles.